The van der Waals surface area contributed by atoms with Crippen LogP contribution in [0.15, 0.2) is 74.8 Å². The molecule has 0 saturated heterocycles. The summed E-state index contributed by atoms with van der Waals surface area (Å²) in [6.45, 7) is 0. The first-order valence-corrected chi connectivity index (χ1v) is 10.9. The Bertz CT molecular complexity index is 1590. The molecule has 7 nitrogen and oxygen atoms in total. The van der Waals surface area contributed by atoms with Crippen molar-refractivity contribution >= 4 is 43.4 Å². The maximum Gasteiger partial charge on any atom is 0.275 e. The summed E-state index contributed by atoms with van der Waals surface area (Å²) in [7, 11) is -3.74. The summed E-state index contributed by atoms with van der Waals surface area (Å²) < 4.78 is 30.7. The van der Waals surface area contributed by atoms with Gasteiger partial charge in [0.15, 0.2) is 4.96 Å². The van der Waals surface area contributed by atoms with Crippen molar-refractivity contribution < 1.29 is 12.8 Å². The summed E-state index contributed by atoms with van der Waals surface area (Å²) in [6, 6.07) is 17.1. The molecule has 2 aromatic carbocycles. The van der Waals surface area contributed by atoms with Crippen LogP contribution in [-0.4, -0.2) is 17.8 Å². The quantitative estimate of drug-likeness (QED) is 0.479. The minimum atomic E-state index is -3.74. The zero-order chi connectivity index (χ0) is 20.2. The Morgan fingerprint density at radius 3 is 2.55 bits per heavy atom. The molecule has 2 N–H and O–H groups in total. The van der Waals surface area contributed by atoms with Crippen LogP contribution in [0.5, 0.6) is 0 Å². The molecule has 9 heteroatoms. The summed E-state index contributed by atoms with van der Waals surface area (Å²) in [5, 5.41) is 5.12. The molecule has 5 aromatic rings. The zero-order valence-electron chi connectivity index (χ0n) is 14.8. The molecule has 0 fully saturated rings. The van der Waals surface area contributed by atoms with Crippen molar-refractivity contribution in [1.82, 2.24) is 9.38 Å². The highest BCUT2D eigenvalue weighted by Gasteiger charge is 2.12. The summed E-state index contributed by atoms with van der Waals surface area (Å²) in [4.78, 5) is 18.0. The lowest BCUT2D eigenvalue weighted by atomic mass is 10.2. The predicted molar refractivity (Wildman–Crippen MR) is 111 cm³/mol. The molecule has 0 aliphatic heterocycles. The first-order chi connectivity index (χ1) is 13.9. The molecule has 0 bridgehead atoms. The number of hydrogen-bond acceptors (Lipinski definition) is 6. The van der Waals surface area contributed by atoms with Gasteiger partial charge < -0.3 is 4.42 Å². The molecule has 0 spiro atoms. The van der Waals surface area contributed by atoms with Crippen LogP contribution in [0, 0.1) is 0 Å². The van der Waals surface area contributed by atoms with Crippen LogP contribution in [0.4, 0.5) is 0 Å². The molecular weight excluding hydrogens is 410 g/mol. The van der Waals surface area contributed by atoms with E-state index in [-0.39, 0.29) is 10.5 Å². The van der Waals surface area contributed by atoms with Crippen LogP contribution in [0.3, 0.4) is 0 Å². The number of primary sulfonamides is 1. The Morgan fingerprint density at radius 2 is 1.79 bits per heavy atom. The standard InChI is InChI=1S/C20H13N3O4S2/c21-29(25,26)14-8-5-12(6-9-14)17-10-7-13(27-17)11-18-19(24)23-16-4-2-1-3-15(16)22-20(23)28-18/h1-11H,(H2,21,25,26). The van der Waals surface area contributed by atoms with E-state index in [2.05, 4.69) is 4.98 Å². The summed E-state index contributed by atoms with van der Waals surface area (Å²) in [5.74, 6) is 1.07. The topological polar surface area (TPSA) is 108 Å². The van der Waals surface area contributed by atoms with Crippen molar-refractivity contribution in [3.63, 3.8) is 0 Å². The fourth-order valence-corrected chi connectivity index (χ4v) is 4.62. The molecular formula is C20H13N3O4S2. The van der Waals surface area contributed by atoms with Gasteiger partial charge in [0.1, 0.15) is 16.1 Å². The molecule has 3 heterocycles. The number of imidazole rings is 1. The number of hydrogen-bond donors (Lipinski definition) is 1. The average Bonchev–Trinajstić information content (AvgIpc) is 3.37. The zero-order valence-corrected chi connectivity index (χ0v) is 16.4. The number of sulfonamides is 1. The van der Waals surface area contributed by atoms with E-state index in [0.717, 1.165) is 11.0 Å². The third-order valence-corrected chi connectivity index (χ3v) is 6.41. The van der Waals surface area contributed by atoms with Crippen molar-refractivity contribution in [1.29, 1.82) is 0 Å². The molecule has 0 aliphatic rings. The molecule has 0 amide bonds. The largest absolute Gasteiger partial charge is 0.457 e. The van der Waals surface area contributed by atoms with Crippen LogP contribution < -0.4 is 15.2 Å². The van der Waals surface area contributed by atoms with Gasteiger partial charge in [-0.3, -0.25) is 4.79 Å². The van der Waals surface area contributed by atoms with Gasteiger partial charge in [-0.25, -0.2) is 22.9 Å². The molecule has 5 rings (SSSR count). The Balaban J connectivity index is 1.55. The fourth-order valence-electron chi connectivity index (χ4n) is 3.14. The molecule has 0 unspecified atom stereocenters. The van der Waals surface area contributed by atoms with E-state index in [0.29, 0.717) is 26.6 Å². The molecule has 0 atom stereocenters. The second-order valence-corrected chi connectivity index (χ2v) is 8.98. The summed E-state index contributed by atoms with van der Waals surface area (Å²) in [5.41, 5.74) is 2.12. The van der Waals surface area contributed by atoms with E-state index >= 15 is 0 Å². The van der Waals surface area contributed by atoms with Crippen LogP contribution >= 0.6 is 11.3 Å². The number of aromatic nitrogens is 2. The van der Waals surface area contributed by atoms with E-state index in [1.807, 2.05) is 24.3 Å². The van der Waals surface area contributed by atoms with Crippen molar-refractivity contribution in [2.75, 3.05) is 0 Å². The number of thiazole rings is 1. The van der Waals surface area contributed by atoms with Gasteiger partial charge in [-0.05, 0) is 48.5 Å². The molecule has 144 valence electrons. The first-order valence-electron chi connectivity index (χ1n) is 8.55. The SMILES string of the molecule is NS(=O)(=O)c1ccc(-c2ccc(C=c3sc4nc5ccccc5n4c3=O)o2)cc1. The molecule has 0 saturated carbocycles. The highest BCUT2D eigenvalue weighted by atomic mass is 32.2. The number of rotatable bonds is 3. The maximum absolute atomic E-state index is 12.8. The van der Waals surface area contributed by atoms with Crippen LogP contribution in [0.2, 0.25) is 0 Å². The fraction of sp³-hybridized carbons (Fsp3) is 0. The van der Waals surface area contributed by atoms with Crippen LogP contribution in [0.25, 0.3) is 33.4 Å². The van der Waals surface area contributed by atoms with Gasteiger partial charge in [-0.15, -0.1) is 0 Å². The minimum absolute atomic E-state index is 0.0322. The number of furan rings is 1. The highest BCUT2D eigenvalue weighted by Crippen LogP contribution is 2.24. The average molecular weight is 423 g/mol. The third-order valence-electron chi connectivity index (χ3n) is 4.51. The Morgan fingerprint density at radius 1 is 1.03 bits per heavy atom. The summed E-state index contributed by atoms with van der Waals surface area (Å²) >= 11 is 1.30. The van der Waals surface area contributed by atoms with Gasteiger partial charge in [0, 0.05) is 11.6 Å². The lowest BCUT2D eigenvalue weighted by molar-refractivity contribution is 0.571. The van der Waals surface area contributed by atoms with Gasteiger partial charge in [0.2, 0.25) is 10.0 Å². The third kappa shape index (κ3) is 3.05. The molecule has 29 heavy (non-hydrogen) atoms. The number of nitrogens with zero attached hydrogens (tertiary/aromatic N) is 2. The van der Waals surface area contributed by atoms with E-state index < -0.39 is 10.0 Å². The normalized spacial score (nSPS) is 12.9. The Hall–Kier alpha value is -3.27. The number of nitrogens with two attached hydrogens (primary N) is 1. The number of para-hydroxylation sites is 2. The van der Waals surface area contributed by atoms with Crippen molar-refractivity contribution in [2.24, 2.45) is 5.14 Å². The molecule has 0 radical (unpaired) electrons. The Kier molecular flexibility index (Phi) is 3.91. The van der Waals surface area contributed by atoms with E-state index in [1.165, 1.54) is 23.5 Å². The minimum Gasteiger partial charge on any atom is -0.457 e. The van der Waals surface area contributed by atoms with Crippen molar-refractivity contribution in [3.8, 4) is 11.3 Å². The van der Waals surface area contributed by atoms with Crippen molar-refractivity contribution in [2.45, 2.75) is 4.90 Å². The smallest absolute Gasteiger partial charge is 0.275 e. The van der Waals surface area contributed by atoms with Crippen molar-refractivity contribution in [3.05, 3.63) is 81.3 Å². The Labute approximate surface area is 168 Å². The number of fused-ring (bicyclic) bond motifs is 3. The van der Waals surface area contributed by atoms with Crippen LogP contribution in [0.1, 0.15) is 5.76 Å². The molecule has 0 aliphatic carbocycles. The second-order valence-electron chi connectivity index (χ2n) is 6.41. The second kappa shape index (κ2) is 6.38. The van der Waals surface area contributed by atoms with E-state index in [1.54, 1.807) is 34.7 Å². The highest BCUT2D eigenvalue weighted by molar-refractivity contribution is 7.89. The number of benzene rings is 2. The summed E-state index contributed by atoms with van der Waals surface area (Å²) in [6.07, 6.45) is 1.68. The van der Waals surface area contributed by atoms with Gasteiger partial charge >= 0.3 is 0 Å². The van der Waals surface area contributed by atoms with Gasteiger partial charge in [0.05, 0.1) is 15.9 Å². The molecule has 3 aromatic heterocycles. The maximum atomic E-state index is 12.8. The lowest BCUT2D eigenvalue weighted by Gasteiger charge is -2.00. The van der Waals surface area contributed by atoms with Gasteiger partial charge in [0.25, 0.3) is 5.56 Å². The van der Waals surface area contributed by atoms with E-state index in [9.17, 15) is 13.2 Å². The van der Waals surface area contributed by atoms with Crippen LogP contribution in [-0.2, 0) is 10.0 Å². The first kappa shape index (κ1) is 17.8. The monoisotopic (exact) mass is 423 g/mol. The predicted octanol–water partition coefficient (Wildman–Crippen LogP) is 2.36. The lowest BCUT2D eigenvalue weighted by Crippen LogP contribution is -2.22. The van der Waals surface area contributed by atoms with E-state index in [4.69, 9.17) is 9.56 Å². The van der Waals surface area contributed by atoms with Gasteiger partial charge in [-0.1, -0.05) is 23.5 Å². The van der Waals surface area contributed by atoms with Gasteiger partial charge in [-0.2, -0.15) is 0 Å².